The second-order valence-corrected chi connectivity index (χ2v) is 6.16. The maximum absolute atomic E-state index is 12.6. The number of alkyl halides is 2. The molecule has 0 saturated heterocycles. The number of benzene rings is 2. The summed E-state index contributed by atoms with van der Waals surface area (Å²) >= 11 is 0. The minimum Gasteiger partial charge on any atom is -0.497 e. The Morgan fingerprint density at radius 3 is 2.70 bits per heavy atom. The molecule has 0 bridgehead atoms. The first-order chi connectivity index (χ1) is 14.1. The lowest BCUT2D eigenvalue weighted by Gasteiger charge is -2.15. The van der Waals surface area contributed by atoms with E-state index in [1.54, 1.807) is 19.2 Å². The summed E-state index contributed by atoms with van der Waals surface area (Å²) in [5.74, 6) is 2.05. The van der Waals surface area contributed by atoms with Crippen LogP contribution in [0.4, 0.5) is 8.78 Å². The molecule has 1 heterocycles. The van der Waals surface area contributed by atoms with Gasteiger partial charge in [0.25, 0.3) is 0 Å². The average molecular weight is 531 g/mol. The molecule has 1 aromatic heterocycles. The van der Waals surface area contributed by atoms with Crippen molar-refractivity contribution in [2.45, 2.75) is 19.6 Å². The lowest BCUT2D eigenvalue weighted by Crippen LogP contribution is -2.38. The third kappa shape index (κ3) is 6.44. The Labute approximate surface area is 190 Å². The number of rotatable bonds is 8. The third-order valence-electron chi connectivity index (χ3n) is 4.25. The Bertz CT molecular complexity index is 948. The van der Waals surface area contributed by atoms with Gasteiger partial charge in [0.15, 0.2) is 5.96 Å². The number of nitrogens with one attached hydrogen (secondary N) is 3. The van der Waals surface area contributed by atoms with E-state index in [1.807, 2.05) is 24.3 Å². The molecule has 2 aromatic carbocycles. The van der Waals surface area contributed by atoms with Crippen LogP contribution in [0.1, 0.15) is 11.4 Å². The van der Waals surface area contributed by atoms with Gasteiger partial charge in [-0.25, -0.2) is 4.98 Å². The van der Waals surface area contributed by atoms with Crippen LogP contribution in [0.3, 0.4) is 0 Å². The Hall–Kier alpha value is -2.63. The molecule has 3 rings (SSSR count). The number of guanidine groups is 1. The Morgan fingerprint density at radius 2 is 2.00 bits per heavy atom. The number of aliphatic imine (C=N–C) groups is 1. The lowest BCUT2D eigenvalue weighted by molar-refractivity contribution is -0.0504. The topological polar surface area (TPSA) is 83.6 Å². The van der Waals surface area contributed by atoms with Crippen LogP contribution in [0.5, 0.6) is 11.5 Å². The summed E-state index contributed by atoms with van der Waals surface area (Å²) in [4.78, 5) is 12.0. The van der Waals surface area contributed by atoms with E-state index in [-0.39, 0.29) is 36.3 Å². The van der Waals surface area contributed by atoms with Crippen molar-refractivity contribution in [2.75, 3.05) is 20.7 Å². The number of ether oxygens (including phenoxy) is 2. The molecule has 0 atom stereocenters. The third-order valence-corrected chi connectivity index (χ3v) is 4.25. The molecular weight excluding hydrogens is 507 g/mol. The predicted molar refractivity (Wildman–Crippen MR) is 123 cm³/mol. The van der Waals surface area contributed by atoms with Gasteiger partial charge in [-0.2, -0.15) is 8.78 Å². The highest BCUT2D eigenvalue weighted by atomic mass is 127. The van der Waals surface area contributed by atoms with Crippen molar-refractivity contribution in [3.05, 3.63) is 53.9 Å². The van der Waals surface area contributed by atoms with Gasteiger partial charge < -0.3 is 25.1 Å². The maximum Gasteiger partial charge on any atom is 0.387 e. The van der Waals surface area contributed by atoms with Crippen LogP contribution in [0.15, 0.2) is 47.5 Å². The fraction of sp³-hybridized carbons (Fsp3) is 0.300. The van der Waals surface area contributed by atoms with Crippen molar-refractivity contribution in [1.29, 1.82) is 0 Å². The van der Waals surface area contributed by atoms with Crippen LogP contribution in [-0.2, 0) is 13.0 Å². The molecule has 7 nitrogen and oxygen atoms in total. The van der Waals surface area contributed by atoms with Crippen molar-refractivity contribution in [3.63, 3.8) is 0 Å². The van der Waals surface area contributed by atoms with Gasteiger partial charge in [0, 0.05) is 32.1 Å². The van der Waals surface area contributed by atoms with E-state index in [4.69, 9.17) is 4.74 Å². The summed E-state index contributed by atoms with van der Waals surface area (Å²) in [6.07, 6.45) is 0.675. The first kappa shape index (κ1) is 23.6. The van der Waals surface area contributed by atoms with Gasteiger partial charge in [-0.3, -0.25) is 4.99 Å². The molecule has 0 aliphatic heterocycles. The number of imidazole rings is 1. The highest BCUT2D eigenvalue weighted by molar-refractivity contribution is 14.0. The normalized spacial score (nSPS) is 11.3. The van der Waals surface area contributed by atoms with Gasteiger partial charge in [-0.05, 0) is 30.3 Å². The van der Waals surface area contributed by atoms with Crippen molar-refractivity contribution in [1.82, 2.24) is 20.6 Å². The van der Waals surface area contributed by atoms with E-state index in [1.165, 1.54) is 13.2 Å². The first-order valence-corrected chi connectivity index (χ1v) is 9.09. The summed E-state index contributed by atoms with van der Waals surface area (Å²) in [7, 11) is 3.15. The molecule has 0 fully saturated rings. The number of aromatic amines is 1. The minimum absolute atomic E-state index is 0. The van der Waals surface area contributed by atoms with E-state index in [9.17, 15) is 8.78 Å². The summed E-state index contributed by atoms with van der Waals surface area (Å²) < 4.78 is 35.0. The van der Waals surface area contributed by atoms with Gasteiger partial charge in [-0.1, -0.05) is 12.1 Å². The minimum atomic E-state index is -2.90. The molecule has 0 unspecified atom stereocenters. The molecule has 30 heavy (non-hydrogen) atoms. The molecule has 0 amide bonds. The molecular formula is C20H24F2IN5O2. The summed E-state index contributed by atoms with van der Waals surface area (Å²) in [6, 6.07) is 12.5. The number of hydrogen-bond acceptors (Lipinski definition) is 4. The van der Waals surface area contributed by atoms with Gasteiger partial charge in [0.05, 0.1) is 18.1 Å². The van der Waals surface area contributed by atoms with E-state index in [2.05, 4.69) is 30.3 Å². The molecule has 162 valence electrons. The quantitative estimate of drug-likeness (QED) is 0.235. The molecule has 3 aromatic rings. The zero-order chi connectivity index (χ0) is 20.6. The Balaban J connectivity index is 0.00000320. The number of methoxy groups -OCH3 is 1. The molecule has 0 spiro atoms. The number of fused-ring (bicyclic) bond motifs is 1. The van der Waals surface area contributed by atoms with Crippen LogP contribution >= 0.6 is 24.0 Å². The number of nitrogens with zero attached hydrogens (tertiary/aromatic N) is 2. The van der Waals surface area contributed by atoms with Crippen LogP contribution in [0, 0.1) is 0 Å². The number of para-hydroxylation sites is 2. The van der Waals surface area contributed by atoms with Crippen molar-refractivity contribution in [3.8, 4) is 11.5 Å². The number of H-pyrrole nitrogens is 1. The highest BCUT2D eigenvalue weighted by Gasteiger charge is 2.12. The van der Waals surface area contributed by atoms with Gasteiger partial charge in [-0.15, -0.1) is 24.0 Å². The van der Waals surface area contributed by atoms with E-state index >= 15 is 0 Å². The maximum atomic E-state index is 12.6. The average Bonchev–Trinajstić information content (AvgIpc) is 3.13. The summed E-state index contributed by atoms with van der Waals surface area (Å²) in [5.41, 5.74) is 2.45. The molecule has 0 radical (unpaired) electrons. The summed E-state index contributed by atoms with van der Waals surface area (Å²) in [6.45, 7) is -2.06. The molecule has 0 aliphatic rings. The Kier molecular flexibility index (Phi) is 9.09. The van der Waals surface area contributed by atoms with Gasteiger partial charge >= 0.3 is 6.61 Å². The first-order valence-electron chi connectivity index (χ1n) is 9.09. The van der Waals surface area contributed by atoms with Gasteiger partial charge in [0.1, 0.15) is 17.3 Å². The smallest absolute Gasteiger partial charge is 0.387 e. The van der Waals surface area contributed by atoms with Crippen LogP contribution in [-0.4, -0.2) is 43.2 Å². The molecule has 10 heteroatoms. The van der Waals surface area contributed by atoms with Crippen molar-refractivity contribution in [2.24, 2.45) is 4.99 Å². The number of halogens is 3. The molecule has 0 aliphatic carbocycles. The predicted octanol–water partition coefficient (Wildman–Crippen LogP) is 3.70. The fourth-order valence-corrected chi connectivity index (χ4v) is 2.85. The Morgan fingerprint density at radius 1 is 1.20 bits per heavy atom. The van der Waals surface area contributed by atoms with Gasteiger partial charge in [0.2, 0.25) is 0 Å². The second-order valence-electron chi connectivity index (χ2n) is 6.16. The van der Waals surface area contributed by atoms with Crippen LogP contribution in [0.25, 0.3) is 11.0 Å². The molecule has 3 N–H and O–H groups in total. The summed E-state index contributed by atoms with van der Waals surface area (Å²) in [5, 5.41) is 6.27. The SMILES string of the molecule is CN=C(NCCc1nc2ccccc2[nH]1)NCc1cc(OC)ccc1OC(F)F.I. The van der Waals surface area contributed by atoms with Crippen LogP contribution < -0.4 is 20.1 Å². The number of aromatic nitrogens is 2. The zero-order valence-electron chi connectivity index (χ0n) is 16.6. The van der Waals surface area contributed by atoms with Crippen molar-refractivity contribution < 1.29 is 18.3 Å². The highest BCUT2D eigenvalue weighted by Crippen LogP contribution is 2.25. The van der Waals surface area contributed by atoms with Crippen LogP contribution in [0.2, 0.25) is 0 Å². The standard InChI is InChI=1S/C20H23F2N5O2.HI/c1-23-20(24-10-9-18-26-15-5-3-4-6-16(15)27-18)25-12-13-11-14(28-2)7-8-17(13)29-19(21)22;/h3-8,11,19H,9-10,12H2,1-2H3,(H,26,27)(H2,23,24,25);1H. The monoisotopic (exact) mass is 531 g/mol. The largest absolute Gasteiger partial charge is 0.497 e. The fourth-order valence-electron chi connectivity index (χ4n) is 2.85. The van der Waals surface area contributed by atoms with E-state index in [0.717, 1.165) is 16.9 Å². The lowest BCUT2D eigenvalue weighted by atomic mass is 10.2. The van der Waals surface area contributed by atoms with E-state index < -0.39 is 6.61 Å². The zero-order valence-corrected chi connectivity index (χ0v) is 18.9. The second kappa shape index (κ2) is 11.5. The van der Waals surface area contributed by atoms with Crippen molar-refractivity contribution >= 4 is 41.0 Å². The van der Waals surface area contributed by atoms with E-state index in [0.29, 0.717) is 30.2 Å². The number of hydrogen-bond donors (Lipinski definition) is 3. The molecule has 0 saturated carbocycles.